The first-order valence-corrected chi connectivity index (χ1v) is 11.2. The predicted molar refractivity (Wildman–Crippen MR) is 119 cm³/mol. The van der Waals surface area contributed by atoms with Crippen molar-refractivity contribution in [2.45, 2.75) is 51.9 Å². The molecule has 0 aromatic heterocycles. The van der Waals surface area contributed by atoms with E-state index in [2.05, 4.69) is 5.32 Å². The van der Waals surface area contributed by atoms with Gasteiger partial charge < -0.3 is 29.5 Å². The first kappa shape index (κ1) is 23.7. The molecule has 1 aromatic rings. The Morgan fingerprint density at radius 3 is 2.28 bits per heavy atom. The lowest BCUT2D eigenvalue weighted by molar-refractivity contribution is 0.0154. The van der Waals surface area contributed by atoms with Gasteiger partial charge in [0.25, 0.3) is 0 Å². The number of carbonyl (C=O) groups excluding carboxylic acids is 3. The summed E-state index contributed by atoms with van der Waals surface area (Å²) in [6.45, 7) is 8.65. The molecular weight excluding hydrogens is 412 g/mol. The van der Waals surface area contributed by atoms with E-state index < -0.39 is 11.7 Å². The number of hydrogen-bond acceptors (Lipinski definition) is 5. The third-order valence-electron chi connectivity index (χ3n) is 5.43. The Bertz CT molecular complexity index is 787. The molecule has 9 heteroatoms. The van der Waals surface area contributed by atoms with Crippen LogP contribution in [-0.2, 0) is 16.1 Å². The summed E-state index contributed by atoms with van der Waals surface area (Å²) in [5.74, 6) is 0. The molecule has 1 aromatic carbocycles. The van der Waals surface area contributed by atoms with E-state index in [1.54, 1.807) is 14.7 Å². The number of benzene rings is 1. The monoisotopic (exact) mass is 446 g/mol. The van der Waals surface area contributed by atoms with E-state index in [0.29, 0.717) is 39.3 Å². The van der Waals surface area contributed by atoms with Crippen LogP contribution >= 0.6 is 0 Å². The lowest BCUT2D eigenvalue weighted by Crippen LogP contribution is -2.57. The average molecular weight is 447 g/mol. The molecule has 4 amide bonds. The highest BCUT2D eigenvalue weighted by molar-refractivity contribution is 5.75. The molecule has 1 atom stereocenters. The number of piperidine rings is 1. The van der Waals surface area contributed by atoms with Gasteiger partial charge in [0.05, 0.1) is 0 Å². The molecule has 0 bridgehead atoms. The summed E-state index contributed by atoms with van der Waals surface area (Å²) in [7, 11) is 0. The molecular formula is C23H34N4O5. The number of alkyl carbamates (subject to hydrolysis) is 1. The van der Waals surface area contributed by atoms with Gasteiger partial charge in [-0.1, -0.05) is 30.3 Å². The number of ether oxygens (including phenoxy) is 2. The molecule has 2 saturated heterocycles. The van der Waals surface area contributed by atoms with E-state index in [1.165, 1.54) is 0 Å². The Hall–Kier alpha value is -2.97. The Balaban J connectivity index is 1.42. The molecule has 0 radical (unpaired) electrons. The minimum atomic E-state index is -0.540. The SMILES string of the molecule is CC(C)(C)OC(=O)N1CCN(C(=O)N2CCCC(NC(=O)OCc3ccccc3)C2)CC1. The van der Waals surface area contributed by atoms with Crippen molar-refractivity contribution in [2.24, 2.45) is 0 Å². The molecule has 2 aliphatic rings. The minimum Gasteiger partial charge on any atom is -0.445 e. The molecule has 0 saturated carbocycles. The minimum absolute atomic E-state index is 0.0574. The smallest absolute Gasteiger partial charge is 0.410 e. The van der Waals surface area contributed by atoms with Crippen molar-refractivity contribution < 1.29 is 23.9 Å². The number of rotatable bonds is 3. The first-order chi connectivity index (χ1) is 15.2. The van der Waals surface area contributed by atoms with Crippen LogP contribution in [0.1, 0.15) is 39.2 Å². The van der Waals surface area contributed by atoms with Crippen molar-refractivity contribution in [3.63, 3.8) is 0 Å². The van der Waals surface area contributed by atoms with Gasteiger partial charge in [-0.2, -0.15) is 0 Å². The highest BCUT2D eigenvalue weighted by Crippen LogP contribution is 2.16. The van der Waals surface area contributed by atoms with Gasteiger partial charge >= 0.3 is 18.2 Å². The topological polar surface area (TPSA) is 91.4 Å². The fraction of sp³-hybridized carbons (Fsp3) is 0.609. The van der Waals surface area contributed by atoms with Crippen molar-refractivity contribution in [1.82, 2.24) is 20.0 Å². The molecule has 2 fully saturated rings. The van der Waals surface area contributed by atoms with Crippen molar-refractivity contribution >= 4 is 18.2 Å². The lowest BCUT2D eigenvalue weighted by Gasteiger charge is -2.40. The zero-order valence-corrected chi connectivity index (χ0v) is 19.2. The van der Waals surface area contributed by atoms with Crippen LogP contribution in [0.15, 0.2) is 30.3 Å². The summed E-state index contributed by atoms with van der Waals surface area (Å²) < 4.78 is 10.7. The van der Waals surface area contributed by atoms with E-state index in [9.17, 15) is 14.4 Å². The van der Waals surface area contributed by atoms with Gasteiger partial charge in [0.15, 0.2) is 0 Å². The van der Waals surface area contributed by atoms with Crippen LogP contribution in [0, 0.1) is 0 Å². The van der Waals surface area contributed by atoms with Gasteiger partial charge in [-0.25, -0.2) is 14.4 Å². The second kappa shape index (κ2) is 10.6. The quantitative estimate of drug-likeness (QED) is 0.771. The number of amides is 4. The zero-order valence-electron chi connectivity index (χ0n) is 19.2. The largest absolute Gasteiger partial charge is 0.445 e. The van der Waals surface area contributed by atoms with E-state index in [-0.39, 0.29) is 24.8 Å². The molecule has 0 spiro atoms. The predicted octanol–water partition coefficient (Wildman–Crippen LogP) is 3.05. The van der Waals surface area contributed by atoms with E-state index >= 15 is 0 Å². The molecule has 1 N–H and O–H groups in total. The number of likely N-dealkylation sites (tertiary alicyclic amines) is 1. The van der Waals surface area contributed by atoms with Crippen LogP contribution in [-0.4, -0.2) is 83.8 Å². The van der Waals surface area contributed by atoms with Crippen LogP contribution in [0.2, 0.25) is 0 Å². The molecule has 3 rings (SSSR count). The number of carbonyl (C=O) groups is 3. The van der Waals surface area contributed by atoms with Gasteiger partial charge in [0.2, 0.25) is 0 Å². The molecule has 32 heavy (non-hydrogen) atoms. The van der Waals surface area contributed by atoms with Crippen molar-refractivity contribution in [3.05, 3.63) is 35.9 Å². The maximum Gasteiger partial charge on any atom is 0.410 e. The fourth-order valence-electron chi connectivity index (χ4n) is 3.81. The van der Waals surface area contributed by atoms with Crippen LogP contribution < -0.4 is 5.32 Å². The summed E-state index contributed by atoms with van der Waals surface area (Å²) in [5.41, 5.74) is 0.385. The van der Waals surface area contributed by atoms with Crippen LogP contribution in [0.3, 0.4) is 0 Å². The third-order valence-corrected chi connectivity index (χ3v) is 5.43. The summed E-state index contributed by atoms with van der Waals surface area (Å²) in [4.78, 5) is 42.5. The van der Waals surface area contributed by atoms with Crippen molar-refractivity contribution in [2.75, 3.05) is 39.3 Å². The van der Waals surface area contributed by atoms with Crippen LogP contribution in [0.5, 0.6) is 0 Å². The average Bonchev–Trinajstić information content (AvgIpc) is 2.77. The molecule has 2 aliphatic heterocycles. The standard InChI is InChI=1S/C23H34N4O5/c1-23(2,3)32-22(30)26-14-12-25(13-15-26)21(29)27-11-7-10-19(16-27)24-20(28)31-17-18-8-5-4-6-9-18/h4-6,8-9,19H,7,10-17H2,1-3H3,(H,24,28). The van der Waals surface area contributed by atoms with Crippen molar-refractivity contribution in [1.29, 1.82) is 0 Å². The molecule has 2 heterocycles. The summed E-state index contributed by atoms with van der Waals surface area (Å²) in [6, 6.07) is 9.31. The van der Waals surface area contributed by atoms with Crippen LogP contribution in [0.25, 0.3) is 0 Å². The second-order valence-electron chi connectivity index (χ2n) is 9.23. The van der Waals surface area contributed by atoms with Gasteiger partial charge in [0, 0.05) is 45.3 Å². The molecule has 9 nitrogen and oxygen atoms in total. The highest BCUT2D eigenvalue weighted by atomic mass is 16.6. The van der Waals surface area contributed by atoms with Crippen molar-refractivity contribution in [3.8, 4) is 0 Å². The van der Waals surface area contributed by atoms with Gasteiger partial charge in [-0.05, 0) is 39.2 Å². The maximum absolute atomic E-state index is 13.0. The number of nitrogens with zero attached hydrogens (tertiary/aromatic N) is 3. The first-order valence-electron chi connectivity index (χ1n) is 11.2. The molecule has 0 aliphatic carbocycles. The Labute approximate surface area is 189 Å². The normalized spacial score (nSPS) is 19.3. The number of urea groups is 1. The molecule has 176 valence electrons. The second-order valence-corrected chi connectivity index (χ2v) is 9.23. The van der Waals surface area contributed by atoms with E-state index in [1.807, 2.05) is 51.1 Å². The van der Waals surface area contributed by atoms with Gasteiger partial charge in [0.1, 0.15) is 12.2 Å². The van der Waals surface area contributed by atoms with Gasteiger partial charge in [-0.15, -0.1) is 0 Å². The zero-order chi connectivity index (χ0) is 23.1. The highest BCUT2D eigenvalue weighted by Gasteiger charge is 2.32. The summed E-state index contributed by atoms with van der Waals surface area (Å²) in [5, 5.41) is 2.88. The molecule has 1 unspecified atom stereocenters. The Morgan fingerprint density at radius 1 is 0.969 bits per heavy atom. The van der Waals surface area contributed by atoms with Crippen LogP contribution in [0.4, 0.5) is 14.4 Å². The number of hydrogen-bond donors (Lipinski definition) is 1. The number of piperazine rings is 1. The summed E-state index contributed by atoms with van der Waals surface area (Å²) >= 11 is 0. The lowest BCUT2D eigenvalue weighted by atomic mass is 10.1. The Morgan fingerprint density at radius 2 is 1.62 bits per heavy atom. The third kappa shape index (κ3) is 7.03. The number of nitrogens with one attached hydrogen (secondary N) is 1. The Kier molecular flexibility index (Phi) is 7.82. The van der Waals surface area contributed by atoms with E-state index in [0.717, 1.165) is 18.4 Å². The van der Waals surface area contributed by atoms with E-state index in [4.69, 9.17) is 9.47 Å². The summed E-state index contributed by atoms with van der Waals surface area (Å²) in [6.07, 6.45) is 0.795. The maximum atomic E-state index is 13.0. The fourth-order valence-corrected chi connectivity index (χ4v) is 3.81. The van der Waals surface area contributed by atoms with Gasteiger partial charge in [-0.3, -0.25) is 0 Å².